The topological polar surface area (TPSA) is 40.6 Å². The summed E-state index contributed by atoms with van der Waals surface area (Å²) in [6, 6.07) is 4.45. The average Bonchev–Trinajstić information content (AvgIpc) is 2.44. The first-order valence-electron chi connectivity index (χ1n) is 8.33. The molecule has 1 amide bonds. The zero-order valence-corrected chi connectivity index (χ0v) is 15.7. The van der Waals surface area contributed by atoms with E-state index in [1.807, 2.05) is 13.8 Å². The minimum atomic E-state index is -0.629. The Morgan fingerprint density at radius 3 is 2.52 bits per heavy atom. The summed E-state index contributed by atoms with van der Waals surface area (Å²) in [7, 11) is 3.54. The minimum Gasteiger partial charge on any atom is -0.294 e. The van der Waals surface area contributed by atoms with Crippen LogP contribution < -0.4 is 0 Å². The van der Waals surface area contributed by atoms with Gasteiger partial charge in [-0.05, 0) is 24.0 Å². The quantitative estimate of drug-likeness (QED) is 0.798. The lowest BCUT2D eigenvalue weighted by molar-refractivity contribution is -0.143. The van der Waals surface area contributed by atoms with Crippen molar-refractivity contribution in [3.8, 4) is 0 Å². The first kappa shape index (κ1) is 18.1. The van der Waals surface area contributed by atoms with Crippen LogP contribution in [0.4, 0.5) is 4.39 Å². The Bertz CT molecular complexity index is 765. The molecule has 3 rings (SSSR count). The van der Waals surface area contributed by atoms with Crippen LogP contribution in [-0.2, 0) is 9.59 Å². The van der Waals surface area contributed by atoms with Crippen LogP contribution in [0.5, 0.6) is 0 Å². The number of nitrogens with zero attached hydrogens (tertiary/aromatic N) is 2. The molecular formula is C19H22ClFN2O2. The maximum atomic E-state index is 14.5. The fraction of sp³-hybridized carbons (Fsp3) is 0.474. The Labute approximate surface area is 152 Å². The van der Waals surface area contributed by atoms with Crippen LogP contribution in [0.15, 0.2) is 29.5 Å². The molecule has 0 saturated carbocycles. The van der Waals surface area contributed by atoms with Crippen molar-refractivity contribution in [3.63, 3.8) is 0 Å². The van der Waals surface area contributed by atoms with Crippen molar-refractivity contribution in [2.75, 3.05) is 14.1 Å². The lowest BCUT2D eigenvalue weighted by Crippen LogP contribution is -2.49. The zero-order valence-electron chi connectivity index (χ0n) is 14.9. The minimum absolute atomic E-state index is 0.0316. The summed E-state index contributed by atoms with van der Waals surface area (Å²) < 4.78 is 14.5. The molecule has 6 heteroatoms. The lowest BCUT2D eigenvalue weighted by atomic mass is 9.69. The molecule has 0 saturated heterocycles. The number of amides is 1. The van der Waals surface area contributed by atoms with Gasteiger partial charge in [-0.25, -0.2) is 14.4 Å². The third-order valence-electron chi connectivity index (χ3n) is 4.86. The van der Waals surface area contributed by atoms with Crippen molar-refractivity contribution in [1.29, 1.82) is 0 Å². The summed E-state index contributed by atoms with van der Waals surface area (Å²) in [5.74, 6) is -1.29. The smallest absolute Gasteiger partial charge is 0.242 e. The van der Waals surface area contributed by atoms with E-state index in [-0.39, 0.29) is 34.1 Å². The highest BCUT2D eigenvalue weighted by Crippen LogP contribution is 2.48. The maximum Gasteiger partial charge on any atom is 0.242 e. The molecule has 0 spiro atoms. The second kappa shape index (κ2) is 6.22. The summed E-state index contributed by atoms with van der Waals surface area (Å²) in [6.45, 7) is 4.01. The molecule has 1 heterocycles. The molecule has 2 aliphatic rings. The predicted molar refractivity (Wildman–Crippen MR) is 94.3 cm³/mol. The fourth-order valence-electron chi connectivity index (χ4n) is 3.95. The fourth-order valence-corrected chi connectivity index (χ4v) is 4.25. The third kappa shape index (κ3) is 3.11. The first-order valence-corrected chi connectivity index (χ1v) is 8.70. The van der Waals surface area contributed by atoms with Crippen LogP contribution in [0.1, 0.15) is 44.6 Å². The maximum absolute atomic E-state index is 14.5. The molecular weight excluding hydrogens is 343 g/mol. The molecule has 1 aliphatic heterocycles. The molecule has 0 unspecified atom stereocenters. The highest BCUT2D eigenvalue weighted by atomic mass is 35.5. The molecule has 1 aliphatic carbocycles. The van der Waals surface area contributed by atoms with E-state index in [1.54, 1.807) is 30.2 Å². The Morgan fingerprint density at radius 1 is 1.24 bits per heavy atom. The van der Waals surface area contributed by atoms with Crippen molar-refractivity contribution in [2.45, 2.75) is 39.0 Å². The largest absolute Gasteiger partial charge is 0.294 e. The first-order chi connectivity index (χ1) is 11.6. The van der Waals surface area contributed by atoms with Crippen molar-refractivity contribution in [2.24, 2.45) is 5.41 Å². The van der Waals surface area contributed by atoms with Gasteiger partial charge in [-0.3, -0.25) is 9.59 Å². The van der Waals surface area contributed by atoms with E-state index in [0.29, 0.717) is 24.1 Å². The van der Waals surface area contributed by atoms with Gasteiger partial charge in [-0.2, -0.15) is 0 Å². The lowest BCUT2D eigenvalue weighted by Gasteiger charge is -2.44. The van der Waals surface area contributed by atoms with Gasteiger partial charge >= 0.3 is 0 Å². The number of ketones is 1. The number of allylic oxidation sites excluding steroid dienone is 2. The highest BCUT2D eigenvalue weighted by molar-refractivity contribution is 6.31. The van der Waals surface area contributed by atoms with Crippen molar-refractivity contribution in [1.82, 2.24) is 10.0 Å². The number of hydrogen-bond donors (Lipinski definition) is 0. The van der Waals surface area contributed by atoms with Crippen LogP contribution in [0, 0.1) is 11.2 Å². The molecule has 0 radical (unpaired) electrons. The Morgan fingerprint density at radius 2 is 1.92 bits per heavy atom. The monoisotopic (exact) mass is 364 g/mol. The van der Waals surface area contributed by atoms with E-state index in [1.165, 1.54) is 12.1 Å². The Kier molecular flexibility index (Phi) is 4.50. The molecule has 0 N–H and O–H groups in total. The number of halogens is 2. The zero-order chi connectivity index (χ0) is 18.5. The van der Waals surface area contributed by atoms with E-state index in [0.717, 1.165) is 0 Å². The van der Waals surface area contributed by atoms with Gasteiger partial charge in [0.2, 0.25) is 5.91 Å². The molecule has 0 fully saturated rings. The van der Waals surface area contributed by atoms with Gasteiger partial charge in [0.25, 0.3) is 0 Å². The summed E-state index contributed by atoms with van der Waals surface area (Å²) in [4.78, 5) is 25.7. The van der Waals surface area contributed by atoms with Crippen LogP contribution in [0.2, 0.25) is 5.02 Å². The summed E-state index contributed by atoms with van der Waals surface area (Å²) in [5.41, 5.74) is 1.20. The van der Waals surface area contributed by atoms with Gasteiger partial charge < -0.3 is 0 Å². The highest BCUT2D eigenvalue weighted by Gasteiger charge is 2.45. The van der Waals surface area contributed by atoms with Crippen molar-refractivity contribution >= 4 is 23.3 Å². The van der Waals surface area contributed by atoms with Gasteiger partial charge in [0.05, 0.1) is 0 Å². The standard InChI is InChI=1S/C19H22ClFN2O2/c1-19(2)9-14-18(15(24)10-19)11(8-16(25)23(14)22(3)4)17-12(20)6-5-7-13(17)21/h5-7,11H,8-10H2,1-4H3/t11-/m1/s1. The Balaban J connectivity index is 2.23. The second-order valence-electron chi connectivity index (χ2n) is 7.75. The third-order valence-corrected chi connectivity index (χ3v) is 5.19. The summed E-state index contributed by atoms with van der Waals surface area (Å²) in [5, 5.41) is 3.49. The molecule has 1 aromatic carbocycles. The van der Waals surface area contributed by atoms with Crippen LogP contribution in [0.3, 0.4) is 0 Å². The summed E-state index contributed by atoms with van der Waals surface area (Å²) >= 11 is 6.24. The van der Waals surface area contributed by atoms with Crippen LogP contribution in [-0.4, -0.2) is 35.8 Å². The number of rotatable bonds is 2. The number of carbonyl (C=O) groups excluding carboxylic acids is 2. The van der Waals surface area contributed by atoms with Gasteiger partial charge in [-0.1, -0.05) is 31.5 Å². The Hall–Kier alpha value is -1.72. The molecule has 1 aromatic rings. The molecule has 0 aromatic heterocycles. The van der Waals surface area contributed by atoms with E-state index in [2.05, 4.69) is 0 Å². The number of Topliss-reactive ketones (excluding diaryl/α,β-unsaturated/α-hetero) is 1. The van der Waals surface area contributed by atoms with E-state index in [4.69, 9.17) is 11.6 Å². The average molecular weight is 365 g/mol. The number of carbonyl (C=O) groups is 2. The number of benzene rings is 1. The molecule has 25 heavy (non-hydrogen) atoms. The number of hydrazine groups is 1. The van der Waals surface area contributed by atoms with Gasteiger partial charge in [0.15, 0.2) is 5.78 Å². The molecule has 4 nitrogen and oxygen atoms in total. The van der Waals surface area contributed by atoms with Gasteiger partial charge in [-0.15, -0.1) is 0 Å². The predicted octanol–water partition coefficient (Wildman–Crippen LogP) is 3.91. The van der Waals surface area contributed by atoms with E-state index in [9.17, 15) is 14.0 Å². The normalized spacial score (nSPS) is 23.3. The second-order valence-corrected chi connectivity index (χ2v) is 8.15. The van der Waals surface area contributed by atoms with E-state index < -0.39 is 11.7 Å². The SMILES string of the molecule is CN(C)N1C(=O)C[C@H](c2c(F)cccc2Cl)C2=C1CC(C)(C)CC2=O. The van der Waals surface area contributed by atoms with Gasteiger partial charge in [0, 0.05) is 54.7 Å². The molecule has 134 valence electrons. The van der Waals surface area contributed by atoms with Crippen LogP contribution >= 0.6 is 11.6 Å². The molecule has 1 atom stereocenters. The van der Waals surface area contributed by atoms with Gasteiger partial charge in [0.1, 0.15) is 5.82 Å². The van der Waals surface area contributed by atoms with Crippen molar-refractivity contribution in [3.05, 3.63) is 45.9 Å². The van der Waals surface area contributed by atoms with Crippen LogP contribution in [0.25, 0.3) is 0 Å². The summed E-state index contributed by atoms with van der Waals surface area (Å²) in [6.07, 6.45) is 0.994. The van der Waals surface area contributed by atoms with E-state index >= 15 is 0 Å². The molecule has 0 bridgehead atoms. The van der Waals surface area contributed by atoms with Crippen molar-refractivity contribution < 1.29 is 14.0 Å². The number of hydrogen-bond acceptors (Lipinski definition) is 3.